The van der Waals surface area contributed by atoms with Gasteiger partial charge in [-0.05, 0) is 18.2 Å². The van der Waals surface area contributed by atoms with Crippen molar-refractivity contribution in [1.29, 1.82) is 0 Å². The molecule has 0 saturated carbocycles. The number of carboxylic acids is 1. The van der Waals surface area contributed by atoms with Gasteiger partial charge in [0.1, 0.15) is 84.3 Å². The van der Waals surface area contributed by atoms with Gasteiger partial charge in [0.25, 0.3) is 0 Å². The van der Waals surface area contributed by atoms with Crippen molar-refractivity contribution >= 4 is 22.9 Å². The lowest BCUT2D eigenvalue weighted by Crippen LogP contribution is -2.60. The summed E-state index contributed by atoms with van der Waals surface area (Å²) >= 11 is 0. The highest BCUT2D eigenvalue weighted by molar-refractivity contribution is 5.90. The van der Waals surface area contributed by atoms with Crippen molar-refractivity contribution < 1.29 is 93.9 Å². The van der Waals surface area contributed by atoms with E-state index in [2.05, 4.69) is 0 Å². The van der Waals surface area contributed by atoms with Crippen LogP contribution in [0, 0.1) is 0 Å². The Labute approximate surface area is 278 Å². The summed E-state index contributed by atoms with van der Waals surface area (Å²) in [6.07, 6.45) is -19.1. The minimum Gasteiger partial charge on any atom is -0.507 e. The van der Waals surface area contributed by atoms with Crippen LogP contribution in [-0.4, -0.2) is 143 Å². The van der Waals surface area contributed by atoms with E-state index >= 15 is 0 Å². The number of ether oxygens (including phenoxy) is 5. The Morgan fingerprint density at radius 1 is 0.740 bits per heavy atom. The van der Waals surface area contributed by atoms with Crippen LogP contribution in [0.5, 0.6) is 28.7 Å². The Hall–Kier alpha value is -4.77. The van der Waals surface area contributed by atoms with Crippen LogP contribution in [0.3, 0.4) is 0 Å². The number of aliphatic carboxylic acids is 1. The lowest BCUT2D eigenvalue weighted by atomic mass is 9.99. The van der Waals surface area contributed by atoms with Crippen LogP contribution in [0.1, 0.15) is 6.42 Å². The van der Waals surface area contributed by atoms with Crippen molar-refractivity contribution in [2.24, 2.45) is 0 Å². The molecular formula is C30H32O20. The molecule has 20 nitrogen and oxygen atoms in total. The van der Waals surface area contributed by atoms with E-state index in [1.165, 1.54) is 6.07 Å². The number of aliphatic hydroxyl groups is 7. The van der Waals surface area contributed by atoms with Gasteiger partial charge in [-0.2, -0.15) is 0 Å². The molecule has 2 aromatic carbocycles. The van der Waals surface area contributed by atoms with Gasteiger partial charge >= 0.3 is 11.9 Å². The van der Waals surface area contributed by atoms with Crippen LogP contribution in [-0.2, 0) is 23.8 Å². The number of hydrogen-bond donors (Lipinski definition) is 11. The van der Waals surface area contributed by atoms with E-state index in [9.17, 15) is 65.4 Å². The van der Waals surface area contributed by atoms with Crippen molar-refractivity contribution in [2.75, 3.05) is 13.2 Å². The highest BCUT2D eigenvalue weighted by atomic mass is 16.7. The highest BCUT2D eigenvalue weighted by Crippen LogP contribution is 2.40. The number of carbonyl (C=O) groups excluding carboxylic acids is 1. The number of phenols is 3. The van der Waals surface area contributed by atoms with Crippen LogP contribution in [0.15, 0.2) is 39.5 Å². The second-order valence-electron chi connectivity index (χ2n) is 11.3. The highest BCUT2D eigenvalue weighted by Gasteiger charge is 2.47. The lowest BCUT2D eigenvalue weighted by molar-refractivity contribution is -0.278. The van der Waals surface area contributed by atoms with Crippen LogP contribution in [0.2, 0.25) is 0 Å². The van der Waals surface area contributed by atoms with Crippen molar-refractivity contribution in [2.45, 2.75) is 67.8 Å². The monoisotopic (exact) mass is 712 g/mol. The normalized spacial score (nSPS) is 29.7. The summed E-state index contributed by atoms with van der Waals surface area (Å²) in [4.78, 5) is 36.4. The second-order valence-corrected chi connectivity index (χ2v) is 11.3. The van der Waals surface area contributed by atoms with Gasteiger partial charge in [-0.25, -0.2) is 0 Å². The summed E-state index contributed by atoms with van der Waals surface area (Å²) < 4.78 is 32.6. The molecule has 11 N–H and O–H groups in total. The van der Waals surface area contributed by atoms with Gasteiger partial charge in [-0.15, -0.1) is 0 Å². The molecule has 3 aromatic rings. The molecule has 0 spiro atoms. The second kappa shape index (κ2) is 14.6. The molecule has 2 fully saturated rings. The van der Waals surface area contributed by atoms with Gasteiger partial charge in [0.2, 0.25) is 23.8 Å². The Balaban J connectivity index is 1.54. The zero-order valence-corrected chi connectivity index (χ0v) is 25.4. The molecule has 2 aliphatic rings. The molecule has 50 heavy (non-hydrogen) atoms. The first-order valence-corrected chi connectivity index (χ1v) is 14.7. The predicted octanol–water partition coefficient (Wildman–Crippen LogP) is -3.04. The van der Waals surface area contributed by atoms with E-state index in [1.54, 1.807) is 0 Å². The molecule has 20 heteroatoms. The number of benzene rings is 2. The Morgan fingerprint density at radius 3 is 1.98 bits per heavy atom. The van der Waals surface area contributed by atoms with Gasteiger partial charge in [-0.3, -0.25) is 14.4 Å². The molecule has 1 aromatic heterocycles. The van der Waals surface area contributed by atoms with Crippen molar-refractivity contribution in [3.63, 3.8) is 0 Å². The molecule has 272 valence electrons. The molecule has 5 rings (SSSR count). The molecule has 0 radical (unpaired) electrons. The fourth-order valence-corrected chi connectivity index (χ4v) is 5.20. The summed E-state index contributed by atoms with van der Waals surface area (Å²) in [6.45, 7) is -1.58. The number of carbonyl (C=O) groups is 2. The largest absolute Gasteiger partial charge is 0.507 e. The number of phenolic OH excluding ortho intramolecular Hbond substituents is 3. The third kappa shape index (κ3) is 7.23. The maximum absolute atomic E-state index is 13.9. The number of hydrogen-bond acceptors (Lipinski definition) is 19. The molecular weight excluding hydrogens is 680 g/mol. The summed E-state index contributed by atoms with van der Waals surface area (Å²) in [7, 11) is 0. The average Bonchev–Trinajstić information content (AvgIpc) is 3.06. The maximum Gasteiger partial charge on any atom is 0.317 e. The van der Waals surface area contributed by atoms with Crippen LogP contribution in [0.4, 0.5) is 0 Å². The van der Waals surface area contributed by atoms with E-state index < -0.39 is 138 Å². The van der Waals surface area contributed by atoms with Crippen molar-refractivity contribution in [3.05, 3.63) is 40.6 Å². The van der Waals surface area contributed by atoms with Crippen molar-refractivity contribution in [3.8, 4) is 40.1 Å². The zero-order chi connectivity index (χ0) is 36.6. The molecule has 0 bridgehead atoms. The van der Waals surface area contributed by atoms with E-state index in [0.29, 0.717) is 0 Å². The Morgan fingerprint density at radius 2 is 1.36 bits per heavy atom. The fourth-order valence-electron chi connectivity index (χ4n) is 5.20. The number of rotatable bonds is 10. The van der Waals surface area contributed by atoms with Gasteiger partial charge in [0.05, 0.1) is 6.61 Å². The third-order valence-electron chi connectivity index (χ3n) is 7.85. The molecule has 0 amide bonds. The van der Waals surface area contributed by atoms with Crippen LogP contribution >= 0.6 is 0 Å². The van der Waals surface area contributed by atoms with E-state index in [1.807, 2.05) is 0 Å². The maximum atomic E-state index is 13.9. The summed E-state index contributed by atoms with van der Waals surface area (Å²) in [5.41, 5.74) is -1.71. The quantitative estimate of drug-likeness (QED) is 0.0565. The smallest absolute Gasteiger partial charge is 0.317 e. The van der Waals surface area contributed by atoms with Crippen LogP contribution in [0.25, 0.3) is 22.3 Å². The number of esters is 1. The zero-order valence-electron chi connectivity index (χ0n) is 25.4. The SMILES string of the molecule is O=C(O)CC(=O)OCC1OC(Oc2c(-c3ccc(O)c(O)c3)oc3cc(OC4OC(CO)C(O)C(O)C4O)cc(O)c3c2=O)C(O)C(O)C1O. The van der Waals surface area contributed by atoms with Gasteiger partial charge in [-0.1, -0.05) is 0 Å². The molecule has 2 saturated heterocycles. The number of aromatic hydroxyl groups is 3. The van der Waals surface area contributed by atoms with Gasteiger partial charge in [0.15, 0.2) is 17.3 Å². The average molecular weight is 713 g/mol. The Bertz CT molecular complexity index is 1790. The summed E-state index contributed by atoms with van der Waals surface area (Å²) in [5, 5.41) is 111. The van der Waals surface area contributed by atoms with Gasteiger partial charge < -0.3 is 84.3 Å². The first-order chi connectivity index (χ1) is 23.6. The first kappa shape index (κ1) is 36.5. The molecule has 2 aliphatic heterocycles. The van der Waals surface area contributed by atoms with E-state index in [4.69, 9.17) is 33.2 Å². The van der Waals surface area contributed by atoms with E-state index in [0.717, 1.165) is 24.3 Å². The molecule has 3 heterocycles. The number of fused-ring (bicyclic) bond motifs is 1. The van der Waals surface area contributed by atoms with Gasteiger partial charge in [0, 0.05) is 17.7 Å². The van der Waals surface area contributed by atoms with Crippen LogP contribution < -0.4 is 14.9 Å². The number of carboxylic acid groups (broad SMARTS) is 1. The summed E-state index contributed by atoms with van der Waals surface area (Å²) in [6, 6.07) is 5.05. The molecule has 10 atom stereocenters. The molecule has 10 unspecified atom stereocenters. The minimum atomic E-state index is -2.07. The fraction of sp³-hybridized carbons (Fsp3) is 0.433. The third-order valence-corrected chi connectivity index (χ3v) is 7.85. The minimum absolute atomic E-state index is 0.140. The standard InChI is InChI=1S/C30H32O20/c31-7-15-20(38)23(41)25(43)29(48-15)46-10-4-13(34)19-14(5-10)47-27(9-1-2-11(32)12(33)3-9)28(22(19)40)50-30-26(44)24(42)21(39)16(49-30)8-45-18(37)6-17(35)36/h1-5,15-16,20-21,23-26,29-34,38-39,41-44H,6-8H2,(H,35,36). The summed E-state index contributed by atoms with van der Waals surface area (Å²) in [5.74, 6) is -6.46. The predicted molar refractivity (Wildman–Crippen MR) is 158 cm³/mol. The molecule has 0 aliphatic carbocycles. The lowest BCUT2D eigenvalue weighted by Gasteiger charge is -2.39. The van der Waals surface area contributed by atoms with E-state index in [-0.39, 0.29) is 11.3 Å². The first-order valence-electron chi connectivity index (χ1n) is 14.7. The van der Waals surface area contributed by atoms with Crippen molar-refractivity contribution in [1.82, 2.24) is 0 Å². The number of aliphatic hydroxyl groups excluding tert-OH is 7. The Kier molecular flexibility index (Phi) is 10.7. The topological polar surface area (TPSA) is 333 Å².